The van der Waals surface area contributed by atoms with E-state index in [0.717, 1.165) is 29.3 Å². The molecule has 2 N–H and O–H groups in total. The number of fused-ring (bicyclic) bond motifs is 2. The van der Waals surface area contributed by atoms with Gasteiger partial charge < -0.3 is 19.9 Å². The van der Waals surface area contributed by atoms with Crippen molar-refractivity contribution in [3.05, 3.63) is 65.9 Å². The van der Waals surface area contributed by atoms with Crippen LogP contribution in [0.4, 0.5) is 5.69 Å². The number of amides is 2. The molecule has 0 saturated carbocycles. The second-order valence-corrected chi connectivity index (χ2v) is 8.32. The van der Waals surface area contributed by atoms with E-state index in [4.69, 9.17) is 0 Å². The van der Waals surface area contributed by atoms with E-state index in [2.05, 4.69) is 21.1 Å². The highest BCUT2D eigenvalue weighted by molar-refractivity contribution is 6.11. The van der Waals surface area contributed by atoms with Crippen LogP contribution in [0.3, 0.4) is 0 Å². The van der Waals surface area contributed by atoms with E-state index >= 15 is 0 Å². The van der Waals surface area contributed by atoms with Crippen molar-refractivity contribution in [2.45, 2.75) is 44.6 Å². The summed E-state index contributed by atoms with van der Waals surface area (Å²) in [5.41, 5.74) is 3.36. The van der Waals surface area contributed by atoms with Gasteiger partial charge >= 0.3 is 5.97 Å². The highest BCUT2D eigenvalue weighted by atomic mass is 16.5. The summed E-state index contributed by atoms with van der Waals surface area (Å²) >= 11 is 0. The Bertz CT molecular complexity index is 1150. The number of anilines is 1. The average molecular weight is 448 g/mol. The smallest absolute Gasteiger partial charge is 0.305 e. The Morgan fingerprint density at radius 3 is 2.67 bits per heavy atom. The van der Waals surface area contributed by atoms with Gasteiger partial charge in [0.25, 0.3) is 5.91 Å². The number of unbranched alkanes of at least 4 members (excludes halogenated alkanes) is 2. The molecular formula is C26H29N3O4. The molecule has 2 heterocycles. The SMILES string of the molecule is COC(=O)CCCCCC1NC(=O)c2ccccc2N(CCc2c[nH]c3ccccc23)C1=O. The molecule has 4 rings (SSSR count). The van der Waals surface area contributed by atoms with Gasteiger partial charge in [-0.1, -0.05) is 43.2 Å². The van der Waals surface area contributed by atoms with Crippen LogP contribution >= 0.6 is 0 Å². The van der Waals surface area contributed by atoms with Gasteiger partial charge in [-0.3, -0.25) is 14.4 Å². The fraction of sp³-hybridized carbons (Fsp3) is 0.346. The number of H-pyrrole nitrogens is 1. The first-order chi connectivity index (χ1) is 16.1. The van der Waals surface area contributed by atoms with Gasteiger partial charge in [-0.2, -0.15) is 0 Å². The maximum atomic E-state index is 13.5. The first-order valence-electron chi connectivity index (χ1n) is 11.4. The summed E-state index contributed by atoms with van der Waals surface area (Å²) in [5, 5.41) is 4.06. The highest BCUT2D eigenvalue weighted by Crippen LogP contribution is 2.27. The van der Waals surface area contributed by atoms with Crippen molar-refractivity contribution in [2.75, 3.05) is 18.6 Å². The van der Waals surface area contributed by atoms with Gasteiger partial charge in [0.1, 0.15) is 6.04 Å². The summed E-state index contributed by atoms with van der Waals surface area (Å²) in [6, 6.07) is 14.8. The van der Waals surface area contributed by atoms with Crippen LogP contribution in [0.15, 0.2) is 54.7 Å². The predicted molar refractivity (Wildman–Crippen MR) is 127 cm³/mol. The molecule has 0 fully saturated rings. The van der Waals surface area contributed by atoms with Crippen molar-refractivity contribution in [3.63, 3.8) is 0 Å². The molecule has 2 amide bonds. The standard InChI is InChI=1S/C26H29N3O4/c1-33-24(30)14-4-2-3-12-22-26(32)29(23-13-8-6-10-20(23)25(31)28-22)16-15-18-17-27-21-11-7-5-9-19(18)21/h5-11,13,17,22,27H,2-4,12,14-16H2,1H3,(H,28,31). The second-order valence-electron chi connectivity index (χ2n) is 8.32. The molecule has 7 nitrogen and oxygen atoms in total. The lowest BCUT2D eigenvalue weighted by atomic mass is 10.1. The van der Waals surface area contributed by atoms with Gasteiger partial charge in [-0.05, 0) is 43.0 Å². The Kier molecular flexibility index (Phi) is 7.07. The Balaban J connectivity index is 1.49. The fourth-order valence-corrected chi connectivity index (χ4v) is 4.40. The van der Waals surface area contributed by atoms with E-state index in [1.165, 1.54) is 7.11 Å². The van der Waals surface area contributed by atoms with Crippen LogP contribution in [0, 0.1) is 0 Å². The minimum absolute atomic E-state index is 0.0962. The Hall–Kier alpha value is -3.61. The van der Waals surface area contributed by atoms with Crippen molar-refractivity contribution in [1.29, 1.82) is 0 Å². The average Bonchev–Trinajstić information content (AvgIpc) is 3.22. The minimum Gasteiger partial charge on any atom is -0.469 e. The van der Waals surface area contributed by atoms with E-state index in [9.17, 15) is 14.4 Å². The number of methoxy groups -OCH3 is 1. The summed E-state index contributed by atoms with van der Waals surface area (Å²) in [5.74, 6) is -0.554. The maximum absolute atomic E-state index is 13.5. The molecule has 0 spiro atoms. The van der Waals surface area contributed by atoms with Gasteiger partial charge in [0.15, 0.2) is 0 Å². The highest BCUT2D eigenvalue weighted by Gasteiger charge is 2.33. The number of aromatic nitrogens is 1. The van der Waals surface area contributed by atoms with E-state index in [1.807, 2.05) is 42.6 Å². The third kappa shape index (κ3) is 5.08. The Morgan fingerprint density at radius 1 is 1.03 bits per heavy atom. The van der Waals surface area contributed by atoms with Gasteiger partial charge in [0.2, 0.25) is 5.91 Å². The monoisotopic (exact) mass is 447 g/mol. The quantitative estimate of drug-likeness (QED) is 0.383. The number of nitrogens with zero attached hydrogens (tertiary/aromatic N) is 1. The number of nitrogens with one attached hydrogen (secondary N) is 2. The largest absolute Gasteiger partial charge is 0.469 e. The van der Waals surface area contributed by atoms with Crippen LogP contribution in [0.1, 0.15) is 48.0 Å². The van der Waals surface area contributed by atoms with E-state index in [1.54, 1.807) is 11.0 Å². The molecule has 1 aliphatic heterocycles. The zero-order valence-corrected chi connectivity index (χ0v) is 18.8. The zero-order valence-electron chi connectivity index (χ0n) is 18.8. The number of benzene rings is 2. The first-order valence-corrected chi connectivity index (χ1v) is 11.4. The van der Waals surface area contributed by atoms with Crippen LogP contribution in [-0.2, 0) is 20.7 Å². The van der Waals surface area contributed by atoms with Crippen LogP contribution in [-0.4, -0.2) is 42.5 Å². The topological polar surface area (TPSA) is 91.5 Å². The van der Waals surface area contributed by atoms with Gasteiger partial charge in [-0.15, -0.1) is 0 Å². The Labute approximate surface area is 193 Å². The number of ether oxygens (including phenoxy) is 1. The van der Waals surface area contributed by atoms with Crippen LogP contribution in [0.5, 0.6) is 0 Å². The molecule has 1 atom stereocenters. The molecule has 33 heavy (non-hydrogen) atoms. The van der Waals surface area contributed by atoms with Crippen molar-refractivity contribution in [2.24, 2.45) is 0 Å². The van der Waals surface area contributed by atoms with E-state index in [-0.39, 0.29) is 17.8 Å². The predicted octanol–water partition coefficient (Wildman–Crippen LogP) is 3.98. The third-order valence-electron chi connectivity index (χ3n) is 6.19. The number of para-hydroxylation sites is 2. The number of carbonyl (C=O) groups is 3. The number of carbonyl (C=O) groups excluding carboxylic acids is 3. The summed E-state index contributed by atoms with van der Waals surface area (Å²) in [6.45, 7) is 0.478. The van der Waals surface area contributed by atoms with Crippen molar-refractivity contribution in [3.8, 4) is 0 Å². The molecule has 0 aliphatic carbocycles. The van der Waals surface area contributed by atoms with Crippen LogP contribution in [0.2, 0.25) is 0 Å². The van der Waals surface area contributed by atoms with Crippen LogP contribution < -0.4 is 10.2 Å². The number of aromatic amines is 1. The first kappa shape index (κ1) is 22.6. The number of hydrogen-bond acceptors (Lipinski definition) is 4. The van der Waals surface area contributed by atoms with Crippen molar-refractivity contribution in [1.82, 2.24) is 10.3 Å². The molecule has 1 aromatic heterocycles. The van der Waals surface area contributed by atoms with Gasteiger partial charge in [-0.25, -0.2) is 0 Å². The maximum Gasteiger partial charge on any atom is 0.305 e. The molecule has 172 valence electrons. The van der Waals surface area contributed by atoms with Crippen molar-refractivity contribution < 1.29 is 19.1 Å². The molecule has 1 unspecified atom stereocenters. The summed E-state index contributed by atoms with van der Waals surface area (Å²) in [7, 11) is 1.38. The lowest BCUT2D eigenvalue weighted by molar-refractivity contribution is -0.140. The number of esters is 1. The van der Waals surface area contributed by atoms with E-state index < -0.39 is 6.04 Å². The third-order valence-corrected chi connectivity index (χ3v) is 6.19. The lowest BCUT2D eigenvalue weighted by Crippen LogP contribution is -2.46. The molecule has 2 aromatic carbocycles. The molecule has 0 saturated heterocycles. The summed E-state index contributed by atoms with van der Waals surface area (Å²) < 4.78 is 4.67. The lowest BCUT2D eigenvalue weighted by Gasteiger charge is -2.25. The molecule has 7 heteroatoms. The van der Waals surface area contributed by atoms with Gasteiger partial charge in [0, 0.05) is 30.1 Å². The molecular weight excluding hydrogens is 418 g/mol. The van der Waals surface area contributed by atoms with Gasteiger partial charge in [0.05, 0.1) is 18.4 Å². The van der Waals surface area contributed by atoms with Crippen molar-refractivity contribution >= 4 is 34.4 Å². The fourth-order valence-electron chi connectivity index (χ4n) is 4.40. The molecule has 1 aliphatic rings. The molecule has 0 radical (unpaired) electrons. The Morgan fingerprint density at radius 2 is 1.82 bits per heavy atom. The molecule has 0 bridgehead atoms. The normalized spacial score (nSPS) is 15.8. The number of hydrogen-bond donors (Lipinski definition) is 2. The zero-order chi connectivity index (χ0) is 23.2. The summed E-state index contributed by atoms with van der Waals surface area (Å²) in [4.78, 5) is 42.7. The van der Waals surface area contributed by atoms with E-state index in [0.29, 0.717) is 43.5 Å². The van der Waals surface area contributed by atoms with Crippen LogP contribution in [0.25, 0.3) is 10.9 Å². The summed E-state index contributed by atoms with van der Waals surface area (Å²) in [6.07, 6.45) is 5.78. The minimum atomic E-state index is -0.592. The number of rotatable bonds is 9. The second kappa shape index (κ2) is 10.3. The molecule has 3 aromatic rings.